The first-order chi connectivity index (χ1) is 27.3. The van der Waals surface area contributed by atoms with Crippen LogP contribution in [0.1, 0.15) is 90.5 Å². The molecule has 2 atom stereocenters. The Hall–Kier alpha value is -3.85. The molecule has 0 aromatic heterocycles. The van der Waals surface area contributed by atoms with Crippen molar-refractivity contribution in [2.45, 2.75) is 114 Å². The van der Waals surface area contributed by atoms with Gasteiger partial charge in [0.1, 0.15) is 6.04 Å². The van der Waals surface area contributed by atoms with Gasteiger partial charge < -0.3 is 35.6 Å². The van der Waals surface area contributed by atoms with Crippen LogP contribution in [-0.4, -0.2) is 76.6 Å². The summed E-state index contributed by atoms with van der Waals surface area (Å²) in [4.78, 5) is 39.5. The summed E-state index contributed by atoms with van der Waals surface area (Å²) in [6.07, 6.45) is 28.2. The average Bonchev–Trinajstić information content (AvgIpc) is 3.93. The monoisotopic (exact) mass is 831 g/mol. The highest BCUT2D eigenvalue weighted by molar-refractivity contribution is 8.77. The number of fused-ring (bicyclic) bond motifs is 1. The van der Waals surface area contributed by atoms with E-state index in [4.69, 9.17) is 0 Å². The minimum Gasteiger partial charge on any atom is -0.395 e. The summed E-state index contributed by atoms with van der Waals surface area (Å²) in [6.45, 7) is 5.37. The molecule has 1 heterocycles. The predicted octanol–water partition coefficient (Wildman–Crippen LogP) is 7.75. The van der Waals surface area contributed by atoms with Crippen molar-refractivity contribution in [3.8, 4) is 11.5 Å². The molecule has 1 fully saturated rings. The first kappa shape index (κ1) is 47.5. The van der Waals surface area contributed by atoms with Gasteiger partial charge in [-0.1, -0.05) is 107 Å². The van der Waals surface area contributed by atoms with Gasteiger partial charge in [0.15, 0.2) is 11.5 Å². The second-order valence-electron chi connectivity index (χ2n) is 14.2. The number of alkyl halides is 2. The molecule has 1 aliphatic heterocycles. The summed E-state index contributed by atoms with van der Waals surface area (Å²) in [7, 11) is 2.80. The first-order valence-electron chi connectivity index (χ1n) is 19.6. The van der Waals surface area contributed by atoms with Crippen LogP contribution in [-0.2, 0) is 19.8 Å². The van der Waals surface area contributed by atoms with E-state index in [0.717, 1.165) is 38.5 Å². The topological polar surface area (TPSA) is 146 Å². The maximum atomic E-state index is 13.8. The number of rotatable bonds is 27. The van der Waals surface area contributed by atoms with Crippen LogP contribution in [0.3, 0.4) is 0 Å². The van der Waals surface area contributed by atoms with Crippen molar-refractivity contribution in [2.75, 3.05) is 25.4 Å². The second kappa shape index (κ2) is 24.8. The van der Waals surface area contributed by atoms with E-state index in [0.29, 0.717) is 43.5 Å². The Balaban J connectivity index is 1.36. The lowest BCUT2D eigenvalue weighted by Gasteiger charge is -2.34. The van der Waals surface area contributed by atoms with Crippen LogP contribution in [0.2, 0.25) is 0 Å². The van der Waals surface area contributed by atoms with Crippen molar-refractivity contribution in [3.05, 3.63) is 96.7 Å². The quantitative estimate of drug-likeness (QED) is 0.0342. The van der Waals surface area contributed by atoms with Gasteiger partial charge in [-0.25, -0.2) is 0 Å². The Morgan fingerprint density at radius 2 is 1.42 bits per heavy atom. The largest absolute Gasteiger partial charge is 0.586 e. The smallest absolute Gasteiger partial charge is 0.395 e. The standard InChI is InChI=1S/C43H59F2N3O7S2/c1-4-5-6-7-8-9-10-11-12-13-14-15-16-17-18-19-20-21-22-23-37(51)46-28-29-56-57-41(2,3)38(39(52)47-31-34(50)32-49)48-40(53)42(26-27-42)33-24-25-35-36(30-33)55-43(44,45)54-35/h5-6,8-9,11-12,14-15,17-18,20-21,24-25,30,34,38,49-50H,4,7,10,13,16,19,22-23,26-29,31-32H2,1-3H3,(H,46,51)(H,47,52)(H,48,53)/b6-5-,9-8-,12-11-,15-14-,18-17-,21-20-/t34-,38-/m1/s1. The van der Waals surface area contributed by atoms with Crippen molar-refractivity contribution in [2.24, 2.45) is 0 Å². The van der Waals surface area contributed by atoms with Gasteiger partial charge in [0.05, 0.1) is 18.1 Å². The van der Waals surface area contributed by atoms with Gasteiger partial charge in [-0.15, -0.1) is 8.78 Å². The zero-order valence-electron chi connectivity index (χ0n) is 33.2. The Labute approximate surface area is 344 Å². The summed E-state index contributed by atoms with van der Waals surface area (Å²) in [5, 5.41) is 27.4. The van der Waals surface area contributed by atoms with Gasteiger partial charge >= 0.3 is 6.29 Å². The van der Waals surface area contributed by atoms with Crippen LogP contribution in [0.25, 0.3) is 0 Å². The lowest BCUT2D eigenvalue weighted by molar-refractivity contribution is -0.286. The highest BCUT2D eigenvalue weighted by atomic mass is 33.1. The molecular formula is C43H59F2N3O7S2. The summed E-state index contributed by atoms with van der Waals surface area (Å²) in [5.74, 6) is -0.830. The number of hydrogen-bond acceptors (Lipinski definition) is 9. The summed E-state index contributed by atoms with van der Waals surface area (Å²) in [6, 6.07) is 3.17. The number of allylic oxidation sites excluding steroid dienone is 12. The number of aliphatic hydroxyl groups excluding tert-OH is 2. The van der Waals surface area contributed by atoms with Crippen molar-refractivity contribution >= 4 is 39.3 Å². The molecule has 5 N–H and O–H groups in total. The van der Waals surface area contributed by atoms with E-state index in [9.17, 15) is 33.4 Å². The number of amides is 3. The van der Waals surface area contributed by atoms with E-state index < -0.39 is 47.0 Å². The minimum atomic E-state index is -3.79. The number of ether oxygens (including phenoxy) is 2. The molecule has 14 heteroatoms. The summed E-state index contributed by atoms with van der Waals surface area (Å²) < 4.78 is 35.4. The first-order valence-corrected chi connectivity index (χ1v) is 21.9. The highest BCUT2D eigenvalue weighted by Gasteiger charge is 2.54. The molecule has 1 aromatic carbocycles. The fourth-order valence-electron chi connectivity index (χ4n) is 5.64. The molecule has 0 spiro atoms. The molecule has 0 saturated heterocycles. The van der Waals surface area contributed by atoms with Gasteiger partial charge in [0.2, 0.25) is 17.7 Å². The molecule has 0 unspecified atom stereocenters. The van der Waals surface area contributed by atoms with Gasteiger partial charge in [0.25, 0.3) is 0 Å². The average molecular weight is 832 g/mol. The predicted molar refractivity (Wildman–Crippen MR) is 226 cm³/mol. The number of carbonyl (C=O) groups excluding carboxylic acids is 3. The van der Waals surface area contributed by atoms with Crippen molar-refractivity contribution in [1.29, 1.82) is 0 Å². The molecule has 0 radical (unpaired) electrons. The molecule has 314 valence electrons. The van der Waals surface area contributed by atoms with Crippen molar-refractivity contribution in [3.63, 3.8) is 0 Å². The van der Waals surface area contributed by atoms with Crippen LogP contribution < -0.4 is 25.4 Å². The van der Waals surface area contributed by atoms with E-state index in [1.807, 2.05) is 12.2 Å². The molecule has 3 rings (SSSR count). The molecular weight excluding hydrogens is 773 g/mol. The maximum absolute atomic E-state index is 13.8. The third-order valence-electron chi connectivity index (χ3n) is 9.01. The van der Waals surface area contributed by atoms with Crippen LogP contribution in [0.5, 0.6) is 11.5 Å². The van der Waals surface area contributed by atoms with E-state index in [1.54, 1.807) is 13.8 Å². The van der Waals surface area contributed by atoms with Gasteiger partial charge in [-0.2, -0.15) is 0 Å². The van der Waals surface area contributed by atoms with E-state index in [-0.39, 0.29) is 24.0 Å². The third kappa shape index (κ3) is 17.3. The fourth-order valence-corrected chi connectivity index (χ4v) is 8.18. The molecule has 0 bridgehead atoms. The molecule has 3 amide bonds. The Kier molecular flexibility index (Phi) is 20.7. The van der Waals surface area contributed by atoms with Crippen LogP contribution in [0.15, 0.2) is 91.1 Å². The van der Waals surface area contributed by atoms with Crippen LogP contribution in [0.4, 0.5) is 8.78 Å². The maximum Gasteiger partial charge on any atom is 0.586 e. The zero-order valence-corrected chi connectivity index (χ0v) is 34.9. The van der Waals surface area contributed by atoms with Gasteiger partial charge in [0, 0.05) is 30.0 Å². The molecule has 57 heavy (non-hydrogen) atoms. The van der Waals surface area contributed by atoms with Crippen molar-refractivity contribution < 1.29 is 42.9 Å². The van der Waals surface area contributed by atoms with E-state index >= 15 is 0 Å². The number of benzene rings is 1. The van der Waals surface area contributed by atoms with Crippen LogP contribution >= 0.6 is 21.6 Å². The second-order valence-corrected chi connectivity index (χ2v) is 17.3. The van der Waals surface area contributed by atoms with E-state index in [1.165, 1.54) is 39.8 Å². The minimum absolute atomic E-state index is 0.0617. The van der Waals surface area contributed by atoms with Crippen molar-refractivity contribution in [1.82, 2.24) is 16.0 Å². The number of aliphatic hydroxyl groups is 2. The molecule has 10 nitrogen and oxygen atoms in total. The number of nitrogens with one attached hydrogen (secondary N) is 3. The fraction of sp³-hybridized carbons (Fsp3) is 0.512. The highest BCUT2D eigenvalue weighted by Crippen LogP contribution is 2.52. The Bertz CT molecular complexity index is 1620. The normalized spacial score (nSPS) is 17.0. The summed E-state index contributed by atoms with van der Waals surface area (Å²) >= 11 is 0. The third-order valence-corrected chi connectivity index (χ3v) is 12.3. The molecule has 2 aliphatic rings. The SMILES string of the molecule is CC/C=C\C/C=C\C/C=C\C/C=C\C/C=C\C/C=C\CCC(=O)NCCSSC(C)(C)[C@H](NC(=O)C1(c2ccc3c(c2)OC(F)(F)O3)CC1)C(=O)NC[C@@H](O)CO. The number of halogens is 2. The van der Waals surface area contributed by atoms with E-state index in [2.05, 4.69) is 93.1 Å². The molecule has 1 aromatic rings. The Morgan fingerprint density at radius 1 is 0.860 bits per heavy atom. The Morgan fingerprint density at radius 3 is 1.98 bits per heavy atom. The van der Waals surface area contributed by atoms with Gasteiger partial charge in [-0.05, 0) is 89.3 Å². The molecule has 1 saturated carbocycles. The summed E-state index contributed by atoms with van der Waals surface area (Å²) in [5.41, 5.74) is -0.575. The molecule has 1 aliphatic carbocycles. The number of carbonyl (C=O) groups is 3. The lowest BCUT2D eigenvalue weighted by Crippen LogP contribution is -2.58. The van der Waals surface area contributed by atoms with Gasteiger partial charge in [-0.3, -0.25) is 14.4 Å². The number of hydrogen-bond donors (Lipinski definition) is 5. The lowest BCUT2D eigenvalue weighted by atomic mass is 9.93. The zero-order chi connectivity index (χ0) is 41.6. The van der Waals surface area contributed by atoms with Crippen LogP contribution in [0, 0.1) is 0 Å².